The van der Waals surface area contributed by atoms with Gasteiger partial charge in [0, 0.05) is 12.3 Å². The summed E-state index contributed by atoms with van der Waals surface area (Å²) in [6.07, 6.45) is 13.0. The van der Waals surface area contributed by atoms with E-state index >= 15 is 0 Å². The highest BCUT2D eigenvalue weighted by molar-refractivity contribution is 6.81. The normalized spacial score (nSPS) is 28.6. The molecule has 2 rings (SSSR count). The average molecular weight is 208 g/mol. The van der Waals surface area contributed by atoms with Crippen LogP contribution in [0.3, 0.4) is 0 Å². The Morgan fingerprint density at radius 2 is 1.86 bits per heavy atom. The summed E-state index contributed by atoms with van der Waals surface area (Å²) in [7, 11) is -1.27. The monoisotopic (exact) mass is 208 g/mol. The van der Waals surface area contributed by atoms with E-state index in [9.17, 15) is 0 Å². The lowest BCUT2D eigenvalue weighted by atomic mass is 10.2. The van der Waals surface area contributed by atoms with E-state index in [2.05, 4.69) is 37.4 Å². The molecule has 1 saturated heterocycles. The molecular formula is C12H20OSi. The highest BCUT2D eigenvalue weighted by atomic mass is 28.3. The Kier molecular flexibility index (Phi) is 2.93. The third-order valence-electron chi connectivity index (χ3n) is 3.62. The van der Waals surface area contributed by atoms with Crippen LogP contribution < -0.4 is 0 Å². The van der Waals surface area contributed by atoms with Crippen molar-refractivity contribution in [1.82, 2.24) is 0 Å². The van der Waals surface area contributed by atoms with Crippen molar-refractivity contribution in [2.75, 3.05) is 6.61 Å². The molecule has 0 aromatic carbocycles. The van der Waals surface area contributed by atoms with E-state index in [1.165, 1.54) is 19.3 Å². The van der Waals surface area contributed by atoms with E-state index in [0.717, 1.165) is 6.61 Å². The molecule has 2 aliphatic rings. The van der Waals surface area contributed by atoms with Gasteiger partial charge < -0.3 is 4.74 Å². The number of allylic oxidation sites excluding steroid dienone is 4. The van der Waals surface area contributed by atoms with Crippen LogP contribution in [0.15, 0.2) is 24.3 Å². The highest BCUT2D eigenvalue weighted by Crippen LogP contribution is 2.35. The van der Waals surface area contributed by atoms with Gasteiger partial charge in [0.1, 0.15) is 0 Å². The van der Waals surface area contributed by atoms with Gasteiger partial charge in [-0.15, -0.1) is 0 Å². The fraction of sp³-hybridized carbons (Fsp3) is 0.667. The smallest absolute Gasteiger partial charge is 0.0921 e. The summed E-state index contributed by atoms with van der Waals surface area (Å²) >= 11 is 0. The van der Waals surface area contributed by atoms with Crippen LogP contribution in [0.5, 0.6) is 0 Å². The quantitative estimate of drug-likeness (QED) is 0.633. The Bertz CT molecular complexity index is 237. The zero-order valence-corrected chi connectivity index (χ0v) is 10.2. The maximum Gasteiger partial charge on any atom is 0.0921 e. The first kappa shape index (κ1) is 10.2. The maximum absolute atomic E-state index is 5.95. The standard InChI is InChI=1S/C12H20OSi/c1-14(2,11-7-3-4-8-11)12-9-5-6-10-13-12/h3-4,7-8,11-12H,5-6,9-10H2,1-2H3. The van der Waals surface area contributed by atoms with Crippen molar-refractivity contribution in [2.24, 2.45) is 0 Å². The molecule has 0 radical (unpaired) electrons. The minimum absolute atomic E-state index is 0.577. The predicted molar refractivity (Wildman–Crippen MR) is 63.1 cm³/mol. The molecule has 1 unspecified atom stereocenters. The van der Waals surface area contributed by atoms with Crippen molar-refractivity contribution in [3.05, 3.63) is 24.3 Å². The molecule has 0 aromatic rings. The topological polar surface area (TPSA) is 9.23 Å². The summed E-state index contributed by atoms with van der Waals surface area (Å²) in [5.41, 5.74) is 1.28. The van der Waals surface area contributed by atoms with Gasteiger partial charge in [0.05, 0.1) is 8.07 Å². The van der Waals surface area contributed by atoms with Crippen molar-refractivity contribution in [2.45, 2.75) is 43.6 Å². The third kappa shape index (κ3) is 1.86. The number of hydrogen-bond donors (Lipinski definition) is 0. The minimum atomic E-state index is -1.27. The van der Waals surface area contributed by atoms with Gasteiger partial charge in [0.2, 0.25) is 0 Å². The Labute approximate surface area is 87.9 Å². The molecular weight excluding hydrogens is 188 g/mol. The Balaban J connectivity index is 2.05. The summed E-state index contributed by atoms with van der Waals surface area (Å²) in [6.45, 7) is 5.92. The van der Waals surface area contributed by atoms with Crippen LogP contribution in [0.4, 0.5) is 0 Å². The minimum Gasteiger partial charge on any atom is -0.382 e. The summed E-state index contributed by atoms with van der Waals surface area (Å²) in [5.74, 6) is 0. The third-order valence-corrected chi connectivity index (χ3v) is 7.83. The number of ether oxygens (including phenoxy) is 1. The fourth-order valence-electron chi connectivity index (χ4n) is 2.47. The van der Waals surface area contributed by atoms with Crippen molar-refractivity contribution in [1.29, 1.82) is 0 Å². The number of rotatable bonds is 2. The van der Waals surface area contributed by atoms with E-state index in [4.69, 9.17) is 4.74 Å². The summed E-state index contributed by atoms with van der Waals surface area (Å²) in [5, 5.41) is 0. The molecule has 1 heterocycles. The molecule has 1 aliphatic carbocycles. The largest absolute Gasteiger partial charge is 0.382 e. The van der Waals surface area contributed by atoms with E-state index in [1.54, 1.807) is 0 Å². The van der Waals surface area contributed by atoms with Crippen molar-refractivity contribution in [3.63, 3.8) is 0 Å². The molecule has 78 valence electrons. The van der Waals surface area contributed by atoms with E-state index < -0.39 is 8.07 Å². The summed E-state index contributed by atoms with van der Waals surface area (Å²) in [6, 6.07) is 0. The second kappa shape index (κ2) is 4.03. The van der Waals surface area contributed by atoms with Crippen LogP contribution in [-0.4, -0.2) is 20.4 Å². The number of hydrogen-bond acceptors (Lipinski definition) is 1. The molecule has 0 aromatic heterocycles. The molecule has 0 spiro atoms. The molecule has 0 amide bonds. The fourth-order valence-corrected chi connectivity index (χ4v) is 5.61. The van der Waals surface area contributed by atoms with Gasteiger partial charge in [-0.25, -0.2) is 0 Å². The van der Waals surface area contributed by atoms with Gasteiger partial charge in [-0.1, -0.05) is 37.4 Å². The van der Waals surface area contributed by atoms with E-state index in [-0.39, 0.29) is 0 Å². The lowest BCUT2D eigenvalue weighted by molar-refractivity contribution is 0.0595. The predicted octanol–water partition coefficient (Wildman–Crippen LogP) is 3.30. The molecule has 0 bridgehead atoms. The van der Waals surface area contributed by atoms with Gasteiger partial charge in [0.15, 0.2) is 0 Å². The molecule has 2 heteroatoms. The van der Waals surface area contributed by atoms with Crippen molar-refractivity contribution in [3.8, 4) is 0 Å². The first-order valence-corrected chi connectivity index (χ1v) is 8.83. The summed E-state index contributed by atoms with van der Waals surface area (Å²) < 4.78 is 5.95. The van der Waals surface area contributed by atoms with Crippen LogP contribution in [-0.2, 0) is 4.74 Å². The van der Waals surface area contributed by atoms with Gasteiger partial charge in [-0.2, -0.15) is 0 Å². The molecule has 1 fully saturated rings. The molecule has 14 heavy (non-hydrogen) atoms. The van der Waals surface area contributed by atoms with Crippen LogP contribution in [0.2, 0.25) is 18.6 Å². The van der Waals surface area contributed by atoms with Crippen LogP contribution in [0, 0.1) is 0 Å². The van der Waals surface area contributed by atoms with Crippen molar-refractivity contribution >= 4 is 8.07 Å². The second-order valence-electron chi connectivity index (χ2n) is 4.97. The van der Waals surface area contributed by atoms with E-state index in [1.807, 2.05) is 0 Å². The van der Waals surface area contributed by atoms with Gasteiger partial charge >= 0.3 is 0 Å². The Hall–Kier alpha value is -0.343. The first-order valence-electron chi connectivity index (χ1n) is 5.68. The Morgan fingerprint density at radius 1 is 1.14 bits per heavy atom. The lowest BCUT2D eigenvalue weighted by Crippen LogP contribution is -2.47. The zero-order valence-electron chi connectivity index (χ0n) is 9.20. The molecule has 0 saturated carbocycles. The lowest BCUT2D eigenvalue weighted by Gasteiger charge is -2.38. The SMILES string of the molecule is C[Si](C)(C1C=CC=C1)C1CCCCO1. The molecule has 1 aliphatic heterocycles. The highest BCUT2D eigenvalue weighted by Gasteiger charge is 2.39. The van der Waals surface area contributed by atoms with Crippen LogP contribution in [0.25, 0.3) is 0 Å². The molecule has 1 atom stereocenters. The van der Waals surface area contributed by atoms with Crippen LogP contribution in [0.1, 0.15) is 19.3 Å². The molecule has 1 nitrogen and oxygen atoms in total. The second-order valence-corrected chi connectivity index (χ2v) is 9.93. The zero-order chi connectivity index (χ0) is 10.0. The van der Waals surface area contributed by atoms with Gasteiger partial charge in [0.25, 0.3) is 0 Å². The van der Waals surface area contributed by atoms with Crippen molar-refractivity contribution < 1.29 is 4.74 Å². The maximum atomic E-state index is 5.95. The molecule has 0 N–H and O–H groups in total. The van der Waals surface area contributed by atoms with E-state index in [0.29, 0.717) is 11.3 Å². The average Bonchev–Trinajstić information content (AvgIpc) is 2.72. The first-order chi connectivity index (χ1) is 6.71. The van der Waals surface area contributed by atoms with Gasteiger partial charge in [-0.3, -0.25) is 0 Å². The summed E-state index contributed by atoms with van der Waals surface area (Å²) in [4.78, 5) is 0. The van der Waals surface area contributed by atoms with Gasteiger partial charge in [-0.05, 0) is 24.8 Å². The Morgan fingerprint density at radius 3 is 2.43 bits per heavy atom. The van der Waals surface area contributed by atoms with Crippen LogP contribution >= 0.6 is 0 Å².